The van der Waals surface area contributed by atoms with Gasteiger partial charge in [0.2, 0.25) is 12.2 Å². The molecular formula is C37H34N4O4. The largest absolute Gasteiger partial charge is 0.382 e. The summed E-state index contributed by atoms with van der Waals surface area (Å²) in [6, 6.07) is 38.2. The van der Waals surface area contributed by atoms with E-state index in [-0.39, 0.29) is 11.8 Å². The molecule has 45 heavy (non-hydrogen) atoms. The highest BCUT2D eigenvalue weighted by Crippen LogP contribution is 2.52. The van der Waals surface area contributed by atoms with Gasteiger partial charge in [-0.05, 0) is 36.1 Å². The van der Waals surface area contributed by atoms with Gasteiger partial charge >= 0.3 is 0 Å². The van der Waals surface area contributed by atoms with E-state index in [1.807, 2.05) is 145 Å². The van der Waals surface area contributed by atoms with E-state index in [1.54, 1.807) is 0 Å². The van der Waals surface area contributed by atoms with Gasteiger partial charge in [-0.3, -0.25) is 9.59 Å². The molecule has 0 unspecified atom stereocenters. The Balaban J connectivity index is 1.27. The number of hydrogen-bond donors (Lipinski definition) is 0. The summed E-state index contributed by atoms with van der Waals surface area (Å²) in [5, 5.41) is 8.62. The van der Waals surface area contributed by atoms with Crippen molar-refractivity contribution in [3.8, 4) is 0 Å². The number of rotatable bonds is 6. The zero-order valence-corrected chi connectivity index (χ0v) is 25.2. The number of benzene rings is 4. The summed E-state index contributed by atoms with van der Waals surface area (Å²) in [6.45, 7) is 3.84. The van der Waals surface area contributed by atoms with E-state index < -0.39 is 30.0 Å². The Morgan fingerprint density at radius 1 is 0.578 bits per heavy atom. The van der Waals surface area contributed by atoms with Crippen LogP contribution in [0, 0.1) is 0 Å². The third-order valence-corrected chi connectivity index (χ3v) is 8.89. The maximum Gasteiger partial charge on any atom is 0.269 e. The second kappa shape index (κ2) is 11.7. The fraction of sp³-hybridized carbons (Fsp3) is 0.243. The van der Waals surface area contributed by atoms with Crippen molar-refractivity contribution in [1.29, 1.82) is 0 Å². The standard InChI is InChI=1S/C37H34N4O4/c1-37(2)40(35(42)31-23-29(38-44-31)25-15-7-3-8-16-25)33(27-19-11-5-12-20-27)34(28-21-13-6-14-22-28)41(37)36(43)32-24-30(39-45-32)26-17-9-4-10-18-26/h3-22,31-34H,23-24H2,1-2H3/t31-,32-,33-,34-/m0/s1. The van der Waals surface area contributed by atoms with Crippen molar-refractivity contribution in [2.24, 2.45) is 10.3 Å². The Bertz CT molecular complexity index is 1610. The van der Waals surface area contributed by atoms with Gasteiger partial charge < -0.3 is 19.5 Å². The molecule has 0 spiro atoms. The molecular weight excluding hydrogens is 564 g/mol. The van der Waals surface area contributed by atoms with Crippen LogP contribution < -0.4 is 0 Å². The van der Waals surface area contributed by atoms with Gasteiger partial charge in [-0.25, -0.2) is 0 Å². The number of carbonyl (C=O) groups is 2. The molecule has 7 rings (SSSR count). The van der Waals surface area contributed by atoms with Gasteiger partial charge in [0.15, 0.2) is 0 Å². The van der Waals surface area contributed by atoms with Gasteiger partial charge in [0.05, 0.1) is 23.5 Å². The van der Waals surface area contributed by atoms with Crippen molar-refractivity contribution >= 4 is 23.2 Å². The lowest BCUT2D eigenvalue weighted by atomic mass is 9.92. The normalized spacial score (nSPS) is 23.6. The molecule has 4 aromatic carbocycles. The van der Waals surface area contributed by atoms with Crippen LogP contribution in [0.25, 0.3) is 0 Å². The minimum atomic E-state index is -1.06. The summed E-state index contributed by atoms with van der Waals surface area (Å²) in [4.78, 5) is 44.6. The number of oxime groups is 2. The van der Waals surface area contributed by atoms with E-state index in [4.69, 9.17) is 9.68 Å². The maximum atomic E-state index is 14.7. The molecule has 8 nitrogen and oxygen atoms in total. The van der Waals surface area contributed by atoms with Crippen molar-refractivity contribution in [3.63, 3.8) is 0 Å². The molecule has 2 amide bonds. The van der Waals surface area contributed by atoms with E-state index in [9.17, 15) is 9.59 Å². The molecule has 3 heterocycles. The predicted octanol–water partition coefficient (Wildman–Crippen LogP) is 6.26. The maximum absolute atomic E-state index is 14.7. The van der Waals surface area contributed by atoms with Crippen molar-refractivity contribution in [1.82, 2.24) is 9.80 Å². The number of amides is 2. The van der Waals surface area contributed by atoms with Gasteiger partial charge in [0.25, 0.3) is 11.8 Å². The summed E-state index contributed by atoms with van der Waals surface area (Å²) >= 11 is 0. The molecule has 0 radical (unpaired) electrons. The number of hydrogen-bond acceptors (Lipinski definition) is 6. The van der Waals surface area contributed by atoms with Crippen LogP contribution in [0.2, 0.25) is 0 Å². The molecule has 226 valence electrons. The predicted molar refractivity (Wildman–Crippen MR) is 171 cm³/mol. The fourth-order valence-electron chi connectivity index (χ4n) is 6.79. The highest BCUT2D eigenvalue weighted by Gasteiger charge is 2.59. The minimum Gasteiger partial charge on any atom is -0.382 e. The Kier molecular flexibility index (Phi) is 7.41. The van der Waals surface area contributed by atoms with Crippen molar-refractivity contribution < 1.29 is 19.3 Å². The second-order valence-electron chi connectivity index (χ2n) is 12.0. The second-order valence-corrected chi connectivity index (χ2v) is 12.0. The third kappa shape index (κ3) is 5.16. The van der Waals surface area contributed by atoms with E-state index in [1.165, 1.54) is 0 Å². The van der Waals surface area contributed by atoms with Crippen LogP contribution in [0.5, 0.6) is 0 Å². The first-order valence-corrected chi connectivity index (χ1v) is 15.3. The SMILES string of the molecule is CC1(C)N(C(=O)[C@@H]2CC(c3ccccc3)=NO2)[C@@H](c2ccccc2)[C@H](c2ccccc2)N1C(=O)[C@@H]1CC(c2ccccc2)=NO1. The minimum absolute atomic E-state index is 0.228. The van der Waals surface area contributed by atoms with Crippen molar-refractivity contribution in [2.45, 2.75) is 56.6 Å². The van der Waals surface area contributed by atoms with E-state index in [0.29, 0.717) is 12.8 Å². The van der Waals surface area contributed by atoms with Gasteiger partial charge in [0, 0.05) is 12.8 Å². The first kappa shape index (κ1) is 28.5. The monoisotopic (exact) mass is 598 g/mol. The van der Waals surface area contributed by atoms with Gasteiger partial charge in [-0.2, -0.15) is 0 Å². The molecule has 1 saturated heterocycles. The van der Waals surface area contributed by atoms with Gasteiger partial charge in [-0.1, -0.05) is 132 Å². The van der Waals surface area contributed by atoms with Crippen LogP contribution in [0.4, 0.5) is 0 Å². The number of carbonyl (C=O) groups excluding carboxylic acids is 2. The lowest BCUT2D eigenvalue weighted by Crippen LogP contribution is -2.57. The molecule has 0 bridgehead atoms. The summed E-state index contributed by atoms with van der Waals surface area (Å²) in [7, 11) is 0. The molecule has 0 aromatic heterocycles. The van der Waals surface area contributed by atoms with E-state index in [0.717, 1.165) is 33.7 Å². The first-order chi connectivity index (χ1) is 21.9. The van der Waals surface area contributed by atoms with Crippen LogP contribution in [0.3, 0.4) is 0 Å². The summed E-state index contributed by atoms with van der Waals surface area (Å²) < 4.78 is 0. The van der Waals surface area contributed by atoms with Crippen LogP contribution >= 0.6 is 0 Å². The lowest BCUT2D eigenvalue weighted by Gasteiger charge is -2.40. The zero-order chi connectivity index (χ0) is 31.0. The Morgan fingerprint density at radius 3 is 1.27 bits per heavy atom. The van der Waals surface area contributed by atoms with Crippen LogP contribution in [0.1, 0.15) is 61.0 Å². The van der Waals surface area contributed by atoms with Crippen LogP contribution in [0.15, 0.2) is 132 Å². The third-order valence-electron chi connectivity index (χ3n) is 8.89. The Morgan fingerprint density at radius 2 is 0.911 bits per heavy atom. The van der Waals surface area contributed by atoms with E-state index in [2.05, 4.69) is 10.3 Å². The highest BCUT2D eigenvalue weighted by atomic mass is 16.7. The molecule has 4 atom stereocenters. The fourth-order valence-corrected chi connectivity index (χ4v) is 6.79. The van der Waals surface area contributed by atoms with Crippen LogP contribution in [-0.2, 0) is 19.3 Å². The average Bonchev–Trinajstić information content (AvgIpc) is 3.83. The molecule has 1 fully saturated rings. The zero-order valence-electron chi connectivity index (χ0n) is 25.2. The summed E-state index contributed by atoms with van der Waals surface area (Å²) in [6.07, 6.45) is -0.984. The summed E-state index contributed by atoms with van der Waals surface area (Å²) in [5.74, 6) is -0.457. The molecule has 8 heteroatoms. The Hall–Kier alpha value is -5.24. The van der Waals surface area contributed by atoms with Crippen LogP contribution in [-0.4, -0.2) is 50.9 Å². The molecule has 0 aliphatic carbocycles. The molecule has 4 aromatic rings. The molecule has 3 aliphatic heterocycles. The lowest BCUT2D eigenvalue weighted by molar-refractivity contribution is -0.158. The molecule has 0 N–H and O–H groups in total. The molecule has 3 aliphatic rings. The quantitative estimate of drug-likeness (QED) is 0.262. The number of nitrogens with zero attached hydrogens (tertiary/aromatic N) is 4. The van der Waals surface area contributed by atoms with Crippen molar-refractivity contribution in [2.75, 3.05) is 0 Å². The van der Waals surface area contributed by atoms with Gasteiger partial charge in [0.1, 0.15) is 5.66 Å². The summed E-state index contributed by atoms with van der Waals surface area (Å²) in [5.41, 5.74) is 4.05. The molecule has 0 saturated carbocycles. The smallest absolute Gasteiger partial charge is 0.269 e. The van der Waals surface area contributed by atoms with Crippen molar-refractivity contribution in [3.05, 3.63) is 144 Å². The Labute approximate surface area is 262 Å². The average molecular weight is 599 g/mol. The van der Waals surface area contributed by atoms with Gasteiger partial charge in [-0.15, -0.1) is 0 Å². The first-order valence-electron chi connectivity index (χ1n) is 15.3. The van der Waals surface area contributed by atoms with E-state index >= 15 is 0 Å². The topological polar surface area (TPSA) is 83.8 Å². The highest BCUT2D eigenvalue weighted by molar-refractivity contribution is 6.05.